The molecule has 0 aromatic heterocycles. The van der Waals surface area contributed by atoms with E-state index in [1.54, 1.807) is 12.1 Å². The predicted molar refractivity (Wildman–Crippen MR) is 52.3 cm³/mol. The summed E-state index contributed by atoms with van der Waals surface area (Å²) in [5, 5.41) is 3.04. The molecule has 1 fully saturated rings. The van der Waals surface area contributed by atoms with Crippen molar-refractivity contribution >= 4 is 6.08 Å². The van der Waals surface area contributed by atoms with Crippen LogP contribution in [0.2, 0.25) is 0 Å². The molecular formula is C11H10F3N. The van der Waals surface area contributed by atoms with Crippen molar-refractivity contribution in [2.45, 2.75) is 6.18 Å². The average molecular weight is 213 g/mol. The Morgan fingerprint density at radius 2 is 1.93 bits per heavy atom. The number of rotatable bonds is 1. The Morgan fingerprint density at radius 3 is 2.47 bits per heavy atom. The van der Waals surface area contributed by atoms with Crippen molar-refractivity contribution in [1.82, 2.24) is 5.32 Å². The van der Waals surface area contributed by atoms with Crippen LogP contribution in [-0.2, 0) is 6.18 Å². The van der Waals surface area contributed by atoms with Crippen LogP contribution in [0.5, 0.6) is 0 Å². The summed E-state index contributed by atoms with van der Waals surface area (Å²) < 4.78 is 37.1. The van der Waals surface area contributed by atoms with Gasteiger partial charge in [0.2, 0.25) is 0 Å². The van der Waals surface area contributed by atoms with Crippen molar-refractivity contribution in [2.24, 2.45) is 0 Å². The van der Waals surface area contributed by atoms with Crippen LogP contribution in [-0.4, -0.2) is 13.1 Å². The molecule has 0 aliphatic carbocycles. The van der Waals surface area contributed by atoms with Crippen molar-refractivity contribution < 1.29 is 13.2 Å². The van der Waals surface area contributed by atoms with E-state index >= 15 is 0 Å². The number of nitrogens with one attached hydrogen (secondary N) is 1. The number of hydrogen-bond donors (Lipinski definition) is 1. The zero-order chi connectivity index (χ0) is 10.9. The van der Waals surface area contributed by atoms with Crippen LogP contribution in [0.25, 0.3) is 6.08 Å². The molecule has 1 N–H and O–H groups in total. The highest BCUT2D eigenvalue weighted by atomic mass is 19.4. The standard InChI is InChI=1S/C11H10F3N/c12-11(13,14)10-3-1-2-8(5-10)4-9-6-15-7-9/h1-5,15H,6-7H2. The van der Waals surface area contributed by atoms with Crippen molar-refractivity contribution in [1.29, 1.82) is 0 Å². The molecule has 1 aliphatic rings. The maximum Gasteiger partial charge on any atom is 0.416 e. The maximum absolute atomic E-state index is 12.4. The number of halogens is 3. The molecule has 1 saturated heterocycles. The van der Waals surface area contributed by atoms with Gasteiger partial charge in [-0.05, 0) is 23.3 Å². The zero-order valence-electron chi connectivity index (χ0n) is 7.93. The summed E-state index contributed by atoms with van der Waals surface area (Å²) in [6.45, 7) is 1.55. The highest BCUT2D eigenvalue weighted by Crippen LogP contribution is 2.30. The molecule has 2 rings (SSSR count). The molecule has 4 heteroatoms. The fraction of sp³-hybridized carbons (Fsp3) is 0.273. The van der Waals surface area contributed by atoms with Crippen LogP contribution < -0.4 is 5.32 Å². The third kappa shape index (κ3) is 2.39. The molecule has 0 atom stereocenters. The molecule has 80 valence electrons. The molecule has 0 spiro atoms. The van der Waals surface area contributed by atoms with Crippen LogP contribution in [0.4, 0.5) is 13.2 Å². The fourth-order valence-corrected chi connectivity index (χ4v) is 1.41. The Balaban J connectivity index is 2.26. The number of hydrogen-bond acceptors (Lipinski definition) is 1. The third-order valence-corrected chi connectivity index (χ3v) is 2.29. The Kier molecular flexibility index (Phi) is 2.52. The minimum atomic E-state index is -4.26. The Bertz CT molecular complexity index is 387. The maximum atomic E-state index is 12.4. The van der Waals surface area contributed by atoms with E-state index in [9.17, 15) is 13.2 Å². The second kappa shape index (κ2) is 3.70. The van der Waals surface area contributed by atoms with E-state index in [0.29, 0.717) is 5.56 Å². The second-order valence-corrected chi connectivity index (χ2v) is 3.53. The lowest BCUT2D eigenvalue weighted by atomic mass is 10.0. The van der Waals surface area contributed by atoms with E-state index in [-0.39, 0.29) is 0 Å². The molecule has 0 amide bonds. The van der Waals surface area contributed by atoms with E-state index < -0.39 is 11.7 Å². The minimum absolute atomic E-state index is 0.593. The SMILES string of the molecule is FC(F)(F)c1cccc(C=C2CNC2)c1. The van der Waals surface area contributed by atoms with Gasteiger partial charge in [-0.15, -0.1) is 0 Å². The van der Waals surface area contributed by atoms with Gasteiger partial charge in [0.25, 0.3) is 0 Å². The van der Waals surface area contributed by atoms with Gasteiger partial charge in [-0.2, -0.15) is 13.2 Å². The zero-order valence-corrected chi connectivity index (χ0v) is 7.93. The molecule has 0 unspecified atom stereocenters. The second-order valence-electron chi connectivity index (χ2n) is 3.53. The fourth-order valence-electron chi connectivity index (χ4n) is 1.41. The summed E-state index contributed by atoms with van der Waals surface area (Å²) in [5.41, 5.74) is 1.15. The number of benzene rings is 1. The van der Waals surface area contributed by atoms with Crippen molar-refractivity contribution in [3.8, 4) is 0 Å². The Hall–Kier alpha value is -1.29. The van der Waals surface area contributed by atoms with E-state index in [2.05, 4.69) is 5.32 Å². The molecule has 0 bridgehead atoms. The first kappa shape index (κ1) is 10.2. The van der Waals surface area contributed by atoms with Crippen LogP contribution >= 0.6 is 0 Å². The quantitative estimate of drug-likeness (QED) is 0.756. The van der Waals surface area contributed by atoms with Gasteiger partial charge in [0, 0.05) is 13.1 Å². The van der Waals surface area contributed by atoms with Gasteiger partial charge in [-0.25, -0.2) is 0 Å². The summed E-state index contributed by atoms with van der Waals surface area (Å²) in [6, 6.07) is 5.37. The predicted octanol–water partition coefficient (Wildman–Crippen LogP) is 2.69. The molecule has 15 heavy (non-hydrogen) atoms. The molecule has 1 aromatic carbocycles. The molecule has 0 radical (unpaired) electrons. The first-order chi connectivity index (χ1) is 7.05. The first-order valence-electron chi connectivity index (χ1n) is 4.63. The van der Waals surface area contributed by atoms with Gasteiger partial charge in [0.15, 0.2) is 0 Å². The smallest absolute Gasteiger partial charge is 0.309 e. The van der Waals surface area contributed by atoms with Gasteiger partial charge in [0.05, 0.1) is 5.56 Å². The van der Waals surface area contributed by atoms with E-state index in [4.69, 9.17) is 0 Å². The monoisotopic (exact) mass is 213 g/mol. The lowest BCUT2D eigenvalue weighted by Gasteiger charge is -2.18. The van der Waals surface area contributed by atoms with Crippen molar-refractivity contribution in [3.05, 3.63) is 41.0 Å². The van der Waals surface area contributed by atoms with Crippen molar-refractivity contribution in [2.75, 3.05) is 13.1 Å². The lowest BCUT2D eigenvalue weighted by Crippen LogP contribution is -2.33. The van der Waals surface area contributed by atoms with Crippen LogP contribution in [0.15, 0.2) is 29.8 Å². The summed E-state index contributed by atoms with van der Waals surface area (Å²) in [6.07, 6.45) is -2.46. The summed E-state index contributed by atoms with van der Waals surface area (Å²) in [5.74, 6) is 0. The average Bonchev–Trinajstić information content (AvgIpc) is 2.11. The molecule has 1 aliphatic heterocycles. The number of alkyl halides is 3. The third-order valence-electron chi connectivity index (χ3n) is 2.29. The van der Waals surface area contributed by atoms with Gasteiger partial charge in [0.1, 0.15) is 0 Å². The van der Waals surface area contributed by atoms with Crippen LogP contribution in [0.1, 0.15) is 11.1 Å². The molecule has 1 heterocycles. The normalized spacial score (nSPS) is 16.1. The van der Waals surface area contributed by atoms with Gasteiger partial charge < -0.3 is 5.32 Å². The van der Waals surface area contributed by atoms with E-state index in [0.717, 1.165) is 24.7 Å². The summed E-state index contributed by atoms with van der Waals surface area (Å²) in [4.78, 5) is 0. The first-order valence-corrected chi connectivity index (χ1v) is 4.63. The summed E-state index contributed by atoms with van der Waals surface area (Å²) >= 11 is 0. The topological polar surface area (TPSA) is 12.0 Å². The summed E-state index contributed by atoms with van der Waals surface area (Å²) in [7, 11) is 0. The van der Waals surface area contributed by atoms with E-state index in [1.807, 2.05) is 0 Å². The van der Waals surface area contributed by atoms with E-state index in [1.165, 1.54) is 12.1 Å². The highest BCUT2D eigenvalue weighted by molar-refractivity contribution is 5.56. The molecule has 1 nitrogen and oxygen atoms in total. The molecule has 0 saturated carbocycles. The van der Waals surface area contributed by atoms with Gasteiger partial charge >= 0.3 is 6.18 Å². The van der Waals surface area contributed by atoms with Gasteiger partial charge in [-0.3, -0.25) is 0 Å². The molecular weight excluding hydrogens is 203 g/mol. The highest BCUT2D eigenvalue weighted by Gasteiger charge is 2.30. The van der Waals surface area contributed by atoms with Crippen LogP contribution in [0, 0.1) is 0 Å². The largest absolute Gasteiger partial charge is 0.416 e. The van der Waals surface area contributed by atoms with Crippen molar-refractivity contribution in [3.63, 3.8) is 0 Å². The Morgan fingerprint density at radius 1 is 1.20 bits per heavy atom. The molecule has 1 aromatic rings. The minimum Gasteiger partial charge on any atom is -0.309 e. The lowest BCUT2D eigenvalue weighted by molar-refractivity contribution is -0.137. The Labute approximate surface area is 85.6 Å². The van der Waals surface area contributed by atoms with Crippen LogP contribution in [0.3, 0.4) is 0 Å². The van der Waals surface area contributed by atoms with Gasteiger partial charge in [-0.1, -0.05) is 18.2 Å².